The number of hydrogen-bond donors (Lipinski definition) is 2. The first-order chi connectivity index (χ1) is 8.31. The van der Waals surface area contributed by atoms with E-state index in [1.54, 1.807) is 0 Å². The van der Waals surface area contributed by atoms with Gasteiger partial charge in [-0.3, -0.25) is 9.31 Å². The number of rotatable bonds is 2. The van der Waals surface area contributed by atoms with Gasteiger partial charge in [-0.25, -0.2) is 0 Å². The second kappa shape index (κ2) is 4.49. The molecule has 90 valence electrons. The van der Waals surface area contributed by atoms with Crippen LogP contribution in [0.2, 0.25) is 0 Å². The average molecular weight is 249 g/mol. The number of aromatic nitrogens is 2. The Balaban J connectivity index is 1.73. The second-order valence-electron chi connectivity index (χ2n) is 4.44. The minimum absolute atomic E-state index is 0.456. The van der Waals surface area contributed by atoms with Crippen LogP contribution in [0.4, 0.5) is 5.69 Å². The number of nitrogens with one attached hydrogen (secondary N) is 2. The third-order valence-corrected chi connectivity index (χ3v) is 4.58. The van der Waals surface area contributed by atoms with Gasteiger partial charge in [-0.2, -0.15) is 5.10 Å². The van der Waals surface area contributed by atoms with Crippen LogP contribution < -0.4 is 5.32 Å². The minimum Gasteiger partial charge on any atom is -0.382 e. The average Bonchev–Trinajstić information content (AvgIpc) is 2.79. The standard InChI is InChI=1S/C12H15N3OS/c16-17-5-3-10(4-6-17)14-11-1-2-12-9(7-11)8-13-15-12/h1-2,7-8,10,14H,3-6H2,(H,13,15). The van der Waals surface area contributed by atoms with Crippen molar-refractivity contribution in [1.29, 1.82) is 0 Å². The molecule has 1 aromatic heterocycles. The van der Waals surface area contributed by atoms with E-state index in [4.69, 9.17) is 0 Å². The van der Waals surface area contributed by atoms with E-state index in [-0.39, 0.29) is 0 Å². The summed E-state index contributed by atoms with van der Waals surface area (Å²) in [4.78, 5) is 0. The number of aromatic amines is 1. The van der Waals surface area contributed by atoms with Gasteiger partial charge in [0.2, 0.25) is 0 Å². The molecule has 0 spiro atoms. The number of H-pyrrole nitrogens is 1. The Hall–Kier alpha value is -1.36. The van der Waals surface area contributed by atoms with Crippen LogP contribution in [0.15, 0.2) is 24.4 Å². The molecule has 1 aromatic carbocycles. The highest BCUT2D eigenvalue weighted by molar-refractivity contribution is 7.85. The van der Waals surface area contributed by atoms with Crippen molar-refractivity contribution in [3.8, 4) is 0 Å². The highest BCUT2D eigenvalue weighted by Gasteiger charge is 2.17. The summed E-state index contributed by atoms with van der Waals surface area (Å²) in [5.74, 6) is 1.65. The molecule has 0 atom stereocenters. The van der Waals surface area contributed by atoms with Crippen LogP contribution in [0.3, 0.4) is 0 Å². The molecule has 5 heteroatoms. The first kappa shape index (κ1) is 10.8. The van der Waals surface area contributed by atoms with Crippen LogP contribution in [0.1, 0.15) is 12.8 Å². The smallest absolute Gasteiger partial charge is 0.0651 e. The summed E-state index contributed by atoms with van der Waals surface area (Å²) < 4.78 is 11.3. The van der Waals surface area contributed by atoms with E-state index >= 15 is 0 Å². The van der Waals surface area contributed by atoms with Gasteiger partial charge in [-0.05, 0) is 31.0 Å². The van der Waals surface area contributed by atoms with E-state index in [2.05, 4.69) is 27.6 Å². The fraction of sp³-hybridized carbons (Fsp3) is 0.417. The van der Waals surface area contributed by atoms with Gasteiger partial charge in [0.05, 0.1) is 11.7 Å². The third-order valence-electron chi connectivity index (χ3n) is 3.20. The van der Waals surface area contributed by atoms with Gasteiger partial charge in [-0.15, -0.1) is 0 Å². The molecule has 1 aliphatic rings. The van der Waals surface area contributed by atoms with Crippen molar-refractivity contribution >= 4 is 27.4 Å². The van der Waals surface area contributed by atoms with Crippen LogP contribution in [-0.2, 0) is 10.8 Å². The van der Waals surface area contributed by atoms with Gasteiger partial charge in [0, 0.05) is 39.4 Å². The van der Waals surface area contributed by atoms with E-state index in [1.165, 1.54) is 0 Å². The van der Waals surface area contributed by atoms with Crippen molar-refractivity contribution in [1.82, 2.24) is 10.2 Å². The zero-order valence-electron chi connectivity index (χ0n) is 9.48. The van der Waals surface area contributed by atoms with Crippen molar-refractivity contribution in [2.45, 2.75) is 18.9 Å². The van der Waals surface area contributed by atoms with E-state index < -0.39 is 10.8 Å². The molecular formula is C12H15N3OS. The first-order valence-corrected chi connectivity index (χ1v) is 7.35. The Morgan fingerprint density at radius 2 is 2.18 bits per heavy atom. The fourth-order valence-electron chi connectivity index (χ4n) is 2.21. The molecule has 4 nitrogen and oxygen atoms in total. The fourth-order valence-corrected chi connectivity index (χ4v) is 3.51. The minimum atomic E-state index is -0.590. The molecule has 2 N–H and O–H groups in total. The SMILES string of the molecule is O=S1CCC(Nc2ccc3[nH]ncc3c2)CC1. The Labute approximate surface area is 102 Å². The van der Waals surface area contributed by atoms with Crippen LogP contribution in [0.5, 0.6) is 0 Å². The Kier molecular flexibility index (Phi) is 2.84. The molecule has 1 saturated heterocycles. The van der Waals surface area contributed by atoms with E-state index in [9.17, 15) is 4.21 Å². The molecule has 1 aliphatic heterocycles. The molecule has 1 fully saturated rings. The van der Waals surface area contributed by atoms with Gasteiger partial charge in [0.15, 0.2) is 0 Å². The summed E-state index contributed by atoms with van der Waals surface area (Å²) in [6.45, 7) is 0. The molecule has 2 heterocycles. The van der Waals surface area contributed by atoms with E-state index in [0.29, 0.717) is 6.04 Å². The normalized spacial score (nSPS) is 24.9. The van der Waals surface area contributed by atoms with Crippen LogP contribution >= 0.6 is 0 Å². The summed E-state index contributed by atoms with van der Waals surface area (Å²) >= 11 is 0. The van der Waals surface area contributed by atoms with Crippen molar-refractivity contribution in [2.24, 2.45) is 0 Å². The zero-order valence-corrected chi connectivity index (χ0v) is 10.3. The monoisotopic (exact) mass is 249 g/mol. The van der Waals surface area contributed by atoms with Gasteiger partial charge >= 0.3 is 0 Å². The first-order valence-electron chi connectivity index (χ1n) is 5.86. The highest BCUT2D eigenvalue weighted by atomic mass is 32.2. The summed E-state index contributed by atoms with van der Waals surface area (Å²) in [6.07, 6.45) is 3.82. The molecule has 0 bridgehead atoms. The number of fused-ring (bicyclic) bond motifs is 1. The van der Waals surface area contributed by atoms with E-state index in [0.717, 1.165) is 40.9 Å². The van der Waals surface area contributed by atoms with Crippen molar-refractivity contribution in [3.63, 3.8) is 0 Å². The van der Waals surface area contributed by atoms with Gasteiger partial charge < -0.3 is 5.32 Å². The number of anilines is 1. The van der Waals surface area contributed by atoms with Crippen LogP contribution in [-0.4, -0.2) is 32.0 Å². The molecule has 3 rings (SSSR count). The number of hydrogen-bond acceptors (Lipinski definition) is 3. The van der Waals surface area contributed by atoms with Gasteiger partial charge in [-0.1, -0.05) is 0 Å². The lowest BCUT2D eigenvalue weighted by molar-refractivity contribution is 0.624. The summed E-state index contributed by atoms with van der Waals surface area (Å²) in [5, 5.41) is 11.6. The number of nitrogens with zero attached hydrogens (tertiary/aromatic N) is 1. The molecule has 0 aliphatic carbocycles. The molecule has 0 radical (unpaired) electrons. The lowest BCUT2D eigenvalue weighted by atomic mass is 10.1. The van der Waals surface area contributed by atoms with Crippen LogP contribution in [0.25, 0.3) is 10.9 Å². The predicted octanol–water partition coefficient (Wildman–Crippen LogP) is 1.89. The zero-order chi connectivity index (χ0) is 11.7. The van der Waals surface area contributed by atoms with Crippen molar-refractivity contribution < 1.29 is 4.21 Å². The van der Waals surface area contributed by atoms with Gasteiger partial charge in [0.25, 0.3) is 0 Å². The Bertz CT molecular complexity index is 541. The Morgan fingerprint density at radius 3 is 3.00 bits per heavy atom. The molecule has 17 heavy (non-hydrogen) atoms. The quantitative estimate of drug-likeness (QED) is 0.854. The van der Waals surface area contributed by atoms with Crippen LogP contribution in [0, 0.1) is 0 Å². The largest absolute Gasteiger partial charge is 0.382 e. The van der Waals surface area contributed by atoms with Crippen molar-refractivity contribution in [2.75, 3.05) is 16.8 Å². The summed E-state index contributed by atoms with van der Waals surface area (Å²) in [5.41, 5.74) is 2.18. The summed E-state index contributed by atoms with van der Waals surface area (Å²) in [6, 6.07) is 6.65. The predicted molar refractivity (Wildman–Crippen MR) is 70.6 cm³/mol. The third kappa shape index (κ3) is 2.34. The topological polar surface area (TPSA) is 57.8 Å². The molecule has 0 unspecified atom stereocenters. The highest BCUT2D eigenvalue weighted by Crippen LogP contribution is 2.20. The maximum absolute atomic E-state index is 11.3. The maximum atomic E-state index is 11.3. The van der Waals surface area contributed by atoms with Crippen molar-refractivity contribution in [3.05, 3.63) is 24.4 Å². The van der Waals surface area contributed by atoms with E-state index in [1.807, 2.05) is 12.3 Å². The molecule has 2 aromatic rings. The lowest BCUT2D eigenvalue weighted by Crippen LogP contribution is -2.29. The summed E-state index contributed by atoms with van der Waals surface area (Å²) in [7, 11) is -0.590. The maximum Gasteiger partial charge on any atom is 0.0651 e. The number of benzene rings is 1. The molecular weight excluding hydrogens is 234 g/mol. The van der Waals surface area contributed by atoms with Gasteiger partial charge in [0.1, 0.15) is 0 Å². The second-order valence-corrected chi connectivity index (χ2v) is 6.13. The molecule has 0 amide bonds. The Morgan fingerprint density at radius 1 is 1.35 bits per heavy atom. The lowest BCUT2D eigenvalue weighted by Gasteiger charge is -2.23. The molecule has 0 saturated carbocycles.